The summed E-state index contributed by atoms with van der Waals surface area (Å²) in [5.41, 5.74) is 1.19. The van der Waals surface area contributed by atoms with Gasteiger partial charge in [0.15, 0.2) is 5.96 Å². The van der Waals surface area contributed by atoms with Crippen molar-refractivity contribution in [3.8, 4) is 5.75 Å². The summed E-state index contributed by atoms with van der Waals surface area (Å²) in [5.74, 6) is 1.37. The quantitative estimate of drug-likeness (QED) is 0.218. The molecule has 0 aromatic heterocycles. The molecule has 0 spiro atoms. The molecule has 1 aromatic rings. The Hall–Kier alpha value is -1.85. The number of benzene rings is 1. The fraction of sp³-hybridized carbons (Fsp3) is 0.524. The van der Waals surface area contributed by atoms with Crippen molar-refractivity contribution in [1.29, 1.82) is 0 Å². The van der Waals surface area contributed by atoms with Crippen LogP contribution in [0, 0.1) is 0 Å². The van der Waals surface area contributed by atoms with E-state index in [2.05, 4.69) is 39.2 Å². The van der Waals surface area contributed by atoms with Gasteiger partial charge in [0.05, 0.1) is 26.4 Å². The van der Waals surface area contributed by atoms with Crippen LogP contribution in [0.5, 0.6) is 5.75 Å². The van der Waals surface area contributed by atoms with Crippen molar-refractivity contribution >= 4 is 35.8 Å². The Balaban J connectivity index is 0.00000450. The molecular formula is C21H34IN5O3. The summed E-state index contributed by atoms with van der Waals surface area (Å²) in [7, 11) is 5.11. The van der Waals surface area contributed by atoms with Crippen LogP contribution >= 0.6 is 24.0 Å². The number of aliphatic imine (C=N–C) groups is 1. The summed E-state index contributed by atoms with van der Waals surface area (Å²) < 4.78 is 10.8. The first-order valence-electron chi connectivity index (χ1n) is 9.84. The van der Waals surface area contributed by atoms with Crippen molar-refractivity contribution in [2.45, 2.75) is 6.04 Å². The highest BCUT2D eigenvalue weighted by Crippen LogP contribution is 2.23. The maximum absolute atomic E-state index is 11.9. The van der Waals surface area contributed by atoms with Gasteiger partial charge in [0.2, 0.25) is 5.91 Å². The molecule has 1 unspecified atom stereocenters. The molecule has 0 saturated carbocycles. The Kier molecular flexibility index (Phi) is 12.4. The van der Waals surface area contributed by atoms with Gasteiger partial charge in [-0.15, -0.1) is 30.6 Å². The monoisotopic (exact) mass is 531 g/mol. The number of ether oxygens (including phenoxy) is 2. The third-order valence-electron chi connectivity index (χ3n) is 4.73. The van der Waals surface area contributed by atoms with Crippen LogP contribution in [0.2, 0.25) is 0 Å². The number of hydrogen-bond acceptors (Lipinski definition) is 5. The predicted octanol–water partition coefficient (Wildman–Crippen LogP) is 1.50. The maximum atomic E-state index is 11.9. The highest BCUT2D eigenvalue weighted by molar-refractivity contribution is 14.0. The second kappa shape index (κ2) is 14.2. The summed E-state index contributed by atoms with van der Waals surface area (Å²) in [6.07, 6.45) is 1.76. The average molecular weight is 531 g/mol. The van der Waals surface area contributed by atoms with E-state index in [0.29, 0.717) is 19.0 Å². The van der Waals surface area contributed by atoms with Crippen LogP contribution in [-0.2, 0) is 9.53 Å². The van der Waals surface area contributed by atoms with E-state index in [1.165, 1.54) is 10.5 Å². The SMILES string of the molecule is C=CCNC(=NCC(=O)N(C)C)NCC(c1ccc(OC)cc1)N1CCOCC1.I. The molecule has 1 saturated heterocycles. The number of hydrogen-bond donors (Lipinski definition) is 2. The first kappa shape index (κ1) is 26.2. The summed E-state index contributed by atoms with van der Waals surface area (Å²) >= 11 is 0. The summed E-state index contributed by atoms with van der Waals surface area (Å²) in [6, 6.07) is 8.27. The molecule has 1 amide bonds. The van der Waals surface area contributed by atoms with E-state index in [4.69, 9.17) is 9.47 Å². The van der Waals surface area contributed by atoms with Gasteiger partial charge in [0.25, 0.3) is 0 Å². The van der Waals surface area contributed by atoms with Crippen LogP contribution < -0.4 is 15.4 Å². The molecule has 30 heavy (non-hydrogen) atoms. The topological polar surface area (TPSA) is 78.4 Å². The molecule has 168 valence electrons. The number of nitrogens with zero attached hydrogens (tertiary/aromatic N) is 3. The summed E-state index contributed by atoms with van der Waals surface area (Å²) in [4.78, 5) is 20.2. The van der Waals surface area contributed by atoms with Crippen LogP contribution in [-0.4, -0.2) is 88.8 Å². The van der Waals surface area contributed by atoms with Gasteiger partial charge in [-0.25, -0.2) is 4.99 Å². The number of carbonyl (C=O) groups excluding carboxylic acids is 1. The van der Waals surface area contributed by atoms with Crippen LogP contribution in [0.4, 0.5) is 0 Å². The molecule has 9 heteroatoms. The normalized spacial score (nSPS) is 15.5. The number of amides is 1. The van der Waals surface area contributed by atoms with E-state index in [-0.39, 0.29) is 42.5 Å². The van der Waals surface area contributed by atoms with Crippen molar-refractivity contribution in [1.82, 2.24) is 20.4 Å². The van der Waals surface area contributed by atoms with Gasteiger partial charge in [-0.05, 0) is 17.7 Å². The number of nitrogens with one attached hydrogen (secondary N) is 2. The molecule has 0 radical (unpaired) electrons. The lowest BCUT2D eigenvalue weighted by molar-refractivity contribution is -0.127. The Morgan fingerprint density at radius 3 is 2.53 bits per heavy atom. The van der Waals surface area contributed by atoms with Crippen molar-refractivity contribution in [3.05, 3.63) is 42.5 Å². The lowest BCUT2D eigenvalue weighted by Gasteiger charge is -2.35. The van der Waals surface area contributed by atoms with Gasteiger partial charge in [-0.2, -0.15) is 0 Å². The number of rotatable bonds is 9. The van der Waals surface area contributed by atoms with Gasteiger partial charge in [-0.3, -0.25) is 9.69 Å². The zero-order valence-electron chi connectivity index (χ0n) is 18.1. The minimum absolute atomic E-state index is 0. The maximum Gasteiger partial charge on any atom is 0.243 e. The zero-order chi connectivity index (χ0) is 21.1. The van der Waals surface area contributed by atoms with Crippen LogP contribution in [0.15, 0.2) is 41.9 Å². The number of carbonyl (C=O) groups is 1. The molecule has 1 heterocycles. The molecule has 1 atom stereocenters. The van der Waals surface area contributed by atoms with Gasteiger partial charge in [0.1, 0.15) is 12.3 Å². The Labute approximate surface area is 196 Å². The van der Waals surface area contributed by atoms with Crippen LogP contribution in [0.25, 0.3) is 0 Å². The molecule has 1 aliphatic heterocycles. The number of methoxy groups -OCH3 is 1. The molecule has 1 aliphatic rings. The number of morpholine rings is 1. The minimum Gasteiger partial charge on any atom is -0.497 e. The third kappa shape index (κ3) is 8.49. The van der Waals surface area contributed by atoms with Crippen molar-refractivity contribution in [3.63, 3.8) is 0 Å². The standard InChI is InChI=1S/C21H33N5O3.HI/c1-5-10-22-21(24-16-20(27)25(2)3)23-15-19(26-11-13-29-14-12-26)17-6-8-18(28-4)9-7-17;/h5-9,19H,1,10-16H2,2-4H3,(H2,22,23,24);1H. The largest absolute Gasteiger partial charge is 0.497 e. The lowest BCUT2D eigenvalue weighted by Crippen LogP contribution is -2.46. The molecule has 1 aromatic carbocycles. The average Bonchev–Trinajstić information content (AvgIpc) is 2.76. The van der Waals surface area contributed by atoms with Crippen molar-refractivity contribution in [2.75, 3.05) is 67.1 Å². The molecular weight excluding hydrogens is 497 g/mol. The summed E-state index contributed by atoms with van der Waals surface area (Å²) in [5, 5.41) is 6.56. The number of guanidine groups is 1. The number of halogens is 1. The lowest BCUT2D eigenvalue weighted by atomic mass is 10.0. The second-order valence-electron chi connectivity index (χ2n) is 6.94. The third-order valence-corrected chi connectivity index (χ3v) is 4.73. The minimum atomic E-state index is -0.0513. The van der Waals surface area contributed by atoms with Crippen LogP contribution in [0.1, 0.15) is 11.6 Å². The molecule has 2 N–H and O–H groups in total. The van der Waals surface area contributed by atoms with Crippen molar-refractivity contribution in [2.24, 2.45) is 4.99 Å². The van der Waals surface area contributed by atoms with Gasteiger partial charge >= 0.3 is 0 Å². The van der Waals surface area contributed by atoms with E-state index in [1.807, 2.05) is 12.1 Å². The Bertz CT molecular complexity index is 676. The van der Waals surface area contributed by atoms with E-state index < -0.39 is 0 Å². The van der Waals surface area contributed by atoms with Gasteiger partial charge in [-0.1, -0.05) is 18.2 Å². The first-order chi connectivity index (χ1) is 14.0. The van der Waals surface area contributed by atoms with Crippen LogP contribution in [0.3, 0.4) is 0 Å². The Morgan fingerprint density at radius 2 is 1.97 bits per heavy atom. The highest BCUT2D eigenvalue weighted by Gasteiger charge is 2.23. The molecule has 0 aliphatic carbocycles. The highest BCUT2D eigenvalue weighted by atomic mass is 127. The smallest absolute Gasteiger partial charge is 0.243 e. The zero-order valence-corrected chi connectivity index (χ0v) is 20.4. The van der Waals surface area contributed by atoms with E-state index in [0.717, 1.165) is 32.1 Å². The fourth-order valence-electron chi connectivity index (χ4n) is 3.00. The number of likely N-dealkylation sites (N-methyl/N-ethyl adjacent to an activating group) is 1. The summed E-state index contributed by atoms with van der Waals surface area (Å²) in [6.45, 7) is 8.20. The van der Waals surface area contributed by atoms with Gasteiger partial charge in [0, 0.05) is 40.3 Å². The van der Waals surface area contributed by atoms with E-state index in [1.54, 1.807) is 27.3 Å². The van der Waals surface area contributed by atoms with E-state index in [9.17, 15) is 4.79 Å². The first-order valence-corrected chi connectivity index (χ1v) is 9.84. The second-order valence-corrected chi connectivity index (χ2v) is 6.94. The molecule has 0 bridgehead atoms. The van der Waals surface area contributed by atoms with Gasteiger partial charge < -0.3 is 25.0 Å². The molecule has 8 nitrogen and oxygen atoms in total. The van der Waals surface area contributed by atoms with E-state index >= 15 is 0 Å². The molecule has 2 rings (SSSR count). The van der Waals surface area contributed by atoms with Crippen molar-refractivity contribution < 1.29 is 14.3 Å². The molecule has 1 fully saturated rings. The Morgan fingerprint density at radius 1 is 1.30 bits per heavy atom. The predicted molar refractivity (Wildman–Crippen MR) is 131 cm³/mol. The fourth-order valence-corrected chi connectivity index (χ4v) is 3.00.